The van der Waals surface area contributed by atoms with Crippen LogP contribution in [0.25, 0.3) is 0 Å². The summed E-state index contributed by atoms with van der Waals surface area (Å²) in [5.41, 5.74) is 1.34. The largest absolute Gasteiger partial charge is 0.478 e. The van der Waals surface area contributed by atoms with Crippen LogP contribution in [-0.4, -0.2) is 15.6 Å². The van der Waals surface area contributed by atoms with E-state index in [1.807, 2.05) is 35.2 Å². The lowest BCUT2D eigenvalue weighted by Crippen LogP contribution is -2.00. The van der Waals surface area contributed by atoms with Crippen molar-refractivity contribution in [2.24, 2.45) is 0 Å². The number of hydrogen-bond acceptors (Lipinski definition) is 3. The summed E-state index contributed by atoms with van der Waals surface area (Å²) >= 11 is 0. The van der Waals surface area contributed by atoms with E-state index in [1.54, 1.807) is 6.07 Å². The molecule has 0 unspecified atom stereocenters. The number of carbonyl (C=O) groups is 1. The Bertz CT molecular complexity index is 883. The van der Waals surface area contributed by atoms with Crippen LogP contribution in [0.4, 0.5) is 0 Å². The van der Waals surface area contributed by atoms with E-state index in [-0.39, 0.29) is 5.56 Å². The van der Waals surface area contributed by atoms with Gasteiger partial charge in [0.05, 0.1) is 18.0 Å². The molecule has 1 aliphatic rings. The van der Waals surface area contributed by atoms with Gasteiger partial charge >= 0.3 is 5.97 Å². The van der Waals surface area contributed by atoms with Crippen LogP contribution in [0, 0.1) is 0 Å². The van der Waals surface area contributed by atoms with Gasteiger partial charge in [0.15, 0.2) is 23.0 Å². The van der Waals surface area contributed by atoms with Gasteiger partial charge in [0.25, 0.3) is 0 Å². The number of benzene rings is 2. The van der Waals surface area contributed by atoms with Crippen molar-refractivity contribution < 1.29 is 19.4 Å². The van der Waals surface area contributed by atoms with Crippen molar-refractivity contribution in [2.75, 3.05) is 0 Å². The predicted molar refractivity (Wildman–Crippen MR) is 83.5 cm³/mol. The van der Waals surface area contributed by atoms with Crippen molar-refractivity contribution >= 4 is 5.97 Å². The standard InChI is InChI=1S/C18H13NO4/c20-18(21)13-6-7-14-15(8-13)23-17-11-19(10-16(17)22-14)9-12-4-2-1-3-5-12/h1-8,10-11H,9H2,(H,20,21). The summed E-state index contributed by atoms with van der Waals surface area (Å²) in [5.74, 6) is 1.13. The van der Waals surface area contributed by atoms with E-state index in [1.165, 1.54) is 17.7 Å². The van der Waals surface area contributed by atoms with E-state index in [0.29, 0.717) is 29.5 Å². The lowest BCUT2D eigenvalue weighted by Gasteiger charge is -2.17. The minimum Gasteiger partial charge on any atom is -0.478 e. The minimum absolute atomic E-state index is 0.166. The number of aromatic nitrogens is 1. The van der Waals surface area contributed by atoms with E-state index >= 15 is 0 Å². The number of ether oxygens (including phenoxy) is 2. The van der Waals surface area contributed by atoms with Gasteiger partial charge in [-0.05, 0) is 23.8 Å². The Kier molecular flexibility index (Phi) is 3.05. The average molecular weight is 307 g/mol. The maximum absolute atomic E-state index is 11.0. The quantitative estimate of drug-likeness (QED) is 0.618. The third kappa shape index (κ3) is 2.53. The molecule has 0 fully saturated rings. The predicted octanol–water partition coefficient (Wildman–Crippen LogP) is 4.13. The van der Waals surface area contributed by atoms with Crippen molar-refractivity contribution in [1.82, 2.24) is 4.57 Å². The fraction of sp³-hybridized carbons (Fsp3) is 0.0556. The first kappa shape index (κ1) is 13.5. The topological polar surface area (TPSA) is 60.7 Å². The van der Waals surface area contributed by atoms with E-state index in [9.17, 15) is 4.79 Å². The number of rotatable bonds is 3. The lowest BCUT2D eigenvalue weighted by molar-refractivity contribution is 0.0696. The van der Waals surface area contributed by atoms with Gasteiger partial charge in [-0.2, -0.15) is 0 Å². The van der Waals surface area contributed by atoms with Crippen LogP contribution in [0.3, 0.4) is 0 Å². The fourth-order valence-electron chi connectivity index (χ4n) is 2.55. The van der Waals surface area contributed by atoms with Crippen molar-refractivity contribution in [3.63, 3.8) is 0 Å². The second-order valence-corrected chi connectivity index (χ2v) is 5.32. The summed E-state index contributed by atoms with van der Waals surface area (Å²) in [7, 11) is 0. The van der Waals surface area contributed by atoms with Gasteiger partial charge in [0, 0.05) is 6.54 Å². The van der Waals surface area contributed by atoms with Crippen molar-refractivity contribution in [2.45, 2.75) is 6.54 Å². The highest BCUT2D eigenvalue weighted by Crippen LogP contribution is 2.46. The maximum Gasteiger partial charge on any atom is 0.335 e. The van der Waals surface area contributed by atoms with E-state index < -0.39 is 5.97 Å². The van der Waals surface area contributed by atoms with Crippen LogP contribution >= 0.6 is 0 Å². The molecule has 0 atom stereocenters. The number of hydrogen-bond donors (Lipinski definition) is 1. The van der Waals surface area contributed by atoms with Gasteiger partial charge in [-0.3, -0.25) is 0 Å². The van der Waals surface area contributed by atoms with Crippen LogP contribution in [0.5, 0.6) is 23.0 Å². The summed E-state index contributed by atoms with van der Waals surface area (Å²) in [6.45, 7) is 0.706. The van der Waals surface area contributed by atoms with Gasteiger partial charge in [-0.1, -0.05) is 30.3 Å². The Morgan fingerprint density at radius 1 is 0.913 bits per heavy atom. The molecule has 2 heterocycles. The molecule has 1 aromatic heterocycles. The van der Waals surface area contributed by atoms with Gasteiger partial charge in [0.1, 0.15) is 0 Å². The third-order valence-electron chi connectivity index (χ3n) is 3.65. The fourth-order valence-corrected chi connectivity index (χ4v) is 2.55. The molecule has 0 radical (unpaired) electrons. The normalized spacial score (nSPS) is 11.8. The molecule has 23 heavy (non-hydrogen) atoms. The molecule has 0 aliphatic carbocycles. The Morgan fingerprint density at radius 2 is 1.61 bits per heavy atom. The monoisotopic (exact) mass is 307 g/mol. The van der Waals surface area contributed by atoms with Crippen molar-refractivity contribution in [3.05, 3.63) is 72.1 Å². The molecule has 0 amide bonds. The second kappa shape index (κ2) is 5.21. The Balaban J connectivity index is 1.62. The van der Waals surface area contributed by atoms with Gasteiger partial charge in [-0.25, -0.2) is 4.79 Å². The molecule has 0 bridgehead atoms. The van der Waals surface area contributed by atoms with Crippen molar-refractivity contribution in [1.29, 1.82) is 0 Å². The molecule has 4 rings (SSSR count). The molecule has 1 N–H and O–H groups in total. The van der Waals surface area contributed by atoms with Gasteiger partial charge in [-0.15, -0.1) is 0 Å². The van der Waals surface area contributed by atoms with Crippen molar-refractivity contribution in [3.8, 4) is 23.0 Å². The van der Waals surface area contributed by atoms with E-state index in [4.69, 9.17) is 14.6 Å². The molecule has 3 aromatic rings. The third-order valence-corrected chi connectivity index (χ3v) is 3.65. The van der Waals surface area contributed by atoms with Crippen LogP contribution in [0.1, 0.15) is 15.9 Å². The summed E-state index contributed by atoms with van der Waals surface area (Å²) in [4.78, 5) is 11.0. The molecule has 0 spiro atoms. The summed E-state index contributed by atoms with van der Waals surface area (Å²) in [6, 6.07) is 14.6. The highest BCUT2D eigenvalue weighted by molar-refractivity contribution is 5.88. The number of aromatic carboxylic acids is 1. The van der Waals surface area contributed by atoms with Gasteiger partial charge in [0.2, 0.25) is 0 Å². The van der Waals surface area contributed by atoms with Crippen LogP contribution < -0.4 is 9.47 Å². The Labute approximate surface area is 132 Å². The molecular formula is C18H13NO4. The first-order valence-electron chi connectivity index (χ1n) is 7.16. The van der Waals surface area contributed by atoms with Crippen LogP contribution in [0.15, 0.2) is 60.9 Å². The van der Waals surface area contributed by atoms with Crippen LogP contribution in [0.2, 0.25) is 0 Å². The first-order chi connectivity index (χ1) is 11.2. The molecule has 0 saturated carbocycles. The summed E-state index contributed by atoms with van der Waals surface area (Å²) in [5, 5.41) is 9.05. The SMILES string of the molecule is O=C(O)c1ccc2c(c1)Oc1cn(Cc3ccccc3)cc1O2. The molecule has 2 aromatic carbocycles. The molecular weight excluding hydrogens is 294 g/mol. The average Bonchev–Trinajstić information content (AvgIpc) is 2.93. The highest BCUT2D eigenvalue weighted by atomic mass is 16.6. The Morgan fingerprint density at radius 3 is 2.30 bits per heavy atom. The number of nitrogens with zero attached hydrogens (tertiary/aromatic N) is 1. The number of fused-ring (bicyclic) bond motifs is 2. The second-order valence-electron chi connectivity index (χ2n) is 5.32. The summed E-state index contributed by atoms with van der Waals surface area (Å²) in [6.07, 6.45) is 3.72. The van der Waals surface area contributed by atoms with Gasteiger partial charge < -0.3 is 19.1 Å². The zero-order valence-corrected chi connectivity index (χ0v) is 12.1. The number of carboxylic acids is 1. The molecule has 0 saturated heterocycles. The molecule has 5 heteroatoms. The van der Waals surface area contributed by atoms with E-state index in [0.717, 1.165) is 0 Å². The zero-order valence-electron chi connectivity index (χ0n) is 12.1. The van der Waals surface area contributed by atoms with E-state index in [2.05, 4.69) is 12.1 Å². The molecule has 1 aliphatic heterocycles. The molecule has 114 valence electrons. The Hall–Kier alpha value is -3.21. The molecule has 5 nitrogen and oxygen atoms in total. The maximum atomic E-state index is 11.0. The number of carboxylic acid groups (broad SMARTS) is 1. The highest BCUT2D eigenvalue weighted by Gasteiger charge is 2.22. The minimum atomic E-state index is -0.996. The van der Waals surface area contributed by atoms with Crippen LogP contribution in [-0.2, 0) is 6.54 Å². The first-order valence-corrected chi connectivity index (χ1v) is 7.16. The smallest absolute Gasteiger partial charge is 0.335 e. The zero-order chi connectivity index (χ0) is 15.8. The lowest BCUT2D eigenvalue weighted by atomic mass is 10.2. The summed E-state index contributed by atoms with van der Waals surface area (Å²) < 4.78 is 13.5.